The van der Waals surface area contributed by atoms with Crippen LogP contribution in [0.4, 0.5) is 70.6 Å². The highest BCUT2D eigenvalue weighted by Crippen LogP contribution is 2.41. The summed E-state index contributed by atoms with van der Waals surface area (Å²) in [6, 6.07) is 30.5. The summed E-state index contributed by atoms with van der Waals surface area (Å²) in [6.07, 6.45) is 23.8. The molecule has 17 rings (SSSR count). The SMILES string of the molecule is CC(C)[C@H]1CN(C)C(=O)N1c1ccnc(N[C@@H](C)c2cn(-c3cc(Cl)cc(Cl)c3)cn2)n1.CC(C)[C@H]1CN(C)C(=O)N1c1ccnc(N[C@@H](C)c2cn(-c3ccc(C4CC4)cc3)cn2)n1.CC(C)[C@H]1CN(C)C(=O)N1c1ccnc(N[C@@H](C)c2cn(-c3ccc(Cl)c(Cl)c3)cn2)n1.CC(C)[C@H]1CN(C)C(=O)N1c1ccnc(N[C@@H](C)c2cn(-c3ccc(Cl)c(F)c3)cn2)n1. The third-order valence-electron chi connectivity index (χ3n) is 23.3. The van der Waals surface area contributed by atoms with E-state index >= 15 is 0 Å². The summed E-state index contributed by atoms with van der Waals surface area (Å²) in [5.74, 6) is 5.58. The third kappa shape index (κ3) is 21.7. The summed E-state index contributed by atoms with van der Waals surface area (Å²) in [5, 5.41) is 15.3. The zero-order valence-electron chi connectivity index (χ0n) is 74.6. The van der Waals surface area contributed by atoms with Gasteiger partial charge in [-0.1, -0.05) is 126 Å². The second-order valence-corrected chi connectivity index (χ2v) is 36.4. The van der Waals surface area contributed by atoms with E-state index in [4.69, 9.17) is 58.0 Å². The molecule has 8 aromatic heterocycles. The molecule has 0 radical (unpaired) electrons. The molecule has 5 aliphatic rings. The summed E-state index contributed by atoms with van der Waals surface area (Å²) < 4.78 is 21.3. The number of carbonyl (C=O) groups excluding carboxylic acids is 4. The van der Waals surface area contributed by atoms with Gasteiger partial charge in [-0.2, -0.15) is 19.9 Å². The lowest BCUT2D eigenvalue weighted by molar-refractivity contribution is 0.228. The fraction of sp³-hybridized carbons (Fsp3) is 0.385. The number of urea groups is 4. The Morgan fingerprint density at radius 3 is 0.915 bits per heavy atom. The molecule has 129 heavy (non-hydrogen) atoms. The van der Waals surface area contributed by atoms with Crippen LogP contribution in [-0.2, 0) is 0 Å². The number of hydrogen-bond donors (Lipinski definition) is 4. The fourth-order valence-electron chi connectivity index (χ4n) is 15.6. The molecule has 8 amide bonds. The first-order valence-electron chi connectivity index (χ1n) is 42.8. The normalized spacial score (nSPS) is 17.9. The van der Waals surface area contributed by atoms with Crippen molar-refractivity contribution in [3.8, 4) is 22.7 Å². The van der Waals surface area contributed by atoms with Crippen molar-refractivity contribution in [1.29, 1.82) is 0 Å². The van der Waals surface area contributed by atoms with Crippen molar-refractivity contribution < 1.29 is 23.6 Å². The Morgan fingerprint density at radius 2 is 0.620 bits per heavy atom. The van der Waals surface area contributed by atoms with Crippen molar-refractivity contribution in [2.24, 2.45) is 23.7 Å². The number of hydrogen-bond acceptors (Lipinski definition) is 20. The van der Waals surface area contributed by atoms with Gasteiger partial charge in [0.25, 0.3) is 0 Å². The Kier molecular flexibility index (Phi) is 28.9. The first-order valence-corrected chi connectivity index (χ1v) is 44.7. The van der Waals surface area contributed by atoms with Crippen LogP contribution in [0.1, 0.15) is 154 Å². The second-order valence-electron chi connectivity index (χ2n) is 34.3. The third-order valence-corrected chi connectivity index (χ3v) is 24.8. The van der Waals surface area contributed by atoms with Crippen LogP contribution in [0.2, 0.25) is 25.1 Å². The number of benzene rings is 4. The molecular weight excluding hydrogens is 1750 g/mol. The molecule has 0 bridgehead atoms. The van der Waals surface area contributed by atoms with Gasteiger partial charge in [0.15, 0.2) is 0 Å². The lowest BCUT2D eigenvalue weighted by atomic mass is 10.0. The number of carbonyl (C=O) groups is 4. The maximum Gasteiger partial charge on any atom is 0.325 e. The van der Waals surface area contributed by atoms with Crippen molar-refractivity contribution in [2.45, 2.75) is 150 Å². The monoisotopic (exact) mass is 1850 g/mol. The number of nitrogens with one attached hydrogen (secondary N) is 4. The first kappa shape index (κ1) is 92.9. The molecule has 8 atom stereocenters. The molecule has 4 aromatic carbocycles. The zero-order valence-corrected chi connectivity index (χ0v) is 78.4. The summed E-state index contributed by atoms with van der Waals surface area (Å²) in [7, 11) is 7.24. The van der Waals surface area contributed by atoms with Crippen LogP contribution in [0, 0.1) is 29.5 Å². The number of aromatic nitrogens is 16. The minimum atomic E-state index is -0.488. The molecule has 0 spiro atoms. The minimum absolute atomic E-state index is 0.0298. The van der Waals surface area contributed by atoms with Crippen LogP contribution in [-0.4, -0.2) is 200 Å². The predicted octanol–water partition coefficient (Wildman–Crippen LogP) is 19.2. The van der Waals surface area contributed by atoms with Gasteiger partial charge in [-0.3, -0.25) is 19.6 Å². The van der Waals surface area contributed by atoms with Gasteiger partial charge in [0.2, 0.25) is 23.8 Å². The van der Waals surface area contributed by atoms with Crippen molar-refractivity contribution >= 4 is 129 Å². The Hall–Kier alpha value is -12.3. The summed E-state index contributed by atoms with van der Waals surface area (Å²) in [6.45, 7) is 27.5. The molecule has 12 aromatic rings. The number of nitrogens with zero attached hydrogens (tertiary/aromatic N) is 24. The van der Waals surface area contributed by atoms with Crippen LogP contribution in [0.25, 0.3) is 22.7 Å². The fourth-order valence-corrected chi connectivity index (χ4v) is 16.5. The van der Waals surface area contributed by atoms with E-state index in [-0.39, 0.29) is 83.4 Å². The van der Waals surface area contributed by atoms with Crippen LogP contribution < -0.4 is 40.9 Å². The molecule has 1 aliphatic carbocycles. The van der Waals surface area contributed by atoms with E-state index in [1.54, 1.807) is 149 Å². The van der Waals surface area contributed by atoms with E-state index in [1.807, 2.05) is 106 Å². The summed E-state index contributed by atoms with van der Waals surface area (Å²) in [4.78, 5) is 119. The Labute approximate surface area is 774 Å². The number of rotatable bonds is 25. The number of anilines is 8. The maximum absolute atomic E-state index is 13.8. The van der Waals surface area contributed by atoms with Gasteiger partial charge in [-0.25, -0.2) is 63.4 Å². The summed E-state index contributed by atoms with van der Waals surface area (Å²) in [5.41, 5.74) is 8.05. The molecule has 12 heterocycles. The lowest BCUT2D eigenvalue weighted by Gasteiger charge is -2.25. The van der Waals surface area contributed by atoms with Crippen molar-refractivity contribution in [2.75, 3.05) is 95.2 Å². The Bertz CT molecular complexity index is 5770. The number of likely N-dealkylation sites (N-methyl/N-ethyl adjacent to an activating group) is 4. The number of amides is 8. The van der Waals surface area contributed by atoms with Crippen LogP contribution in [0.15, 0.2) is 178 Å². The van der Waals surface area contributed by atoms with Crippen LogP contribution in [0.3, 0.4) is 0 Å². The van der Waals surface area contributed by atoms with Crippen molar-refractivity contribution in [3.05, 3.63) is 237 Å². The molecule has 5 fully saturated rings. The molecular formula is C91H106Cl5FN28O4. The molecule has 676 valence electrons. The molecule has 1 saturated carbocycles. The Morgan fingerprint density at radius 1 is 0.333 bits per heavy atom. The van der Waals surface area contributed by atoms with Gasteiger partial charge in [0, 0.05) is 137 Å². The Balaban J connectivity index is 0.000000139. The average molecular weight is 1850 g/mol. The minimum Gasteiger partial charge on any atom is -0.346 e. The zero-order chi connectivity index (χ0) is 92.1. The quantitative estimate of drug-likeness (QED) is 0.0413. The van der Waals surface area contributed by atoms with E-state index in [1.165, 1.54) is 30.5 Å². The smallest absolute Gasteiger partial charge is 0.325 e. The van der Waals surface area contributed by atoms with Gasteiger partial charge in [0.1, 0.15) is 29.1 Å². The number of halogens is 6. The molecule has 0 unspecified atom stereocenters. The van der Waals surface area contributed by atoms with Gasteiger partial charge in [0.05, 0.1) is 111 Å². The van der Waals surface area contributed by atoms with Gasteiger partial charge < -0.3 is 59.1 Å². The van der Waals surface area contributed by atoms with Gasteiger partial charge in [-0.15, -0.1) is 0 Å². The van der Waals surface area contributed by atoms with Gasteiger partial charge >= 0.3 is 24.1 Å². The molecule has 38 heteroatoms. The molecule has 4 N–H and O–H groups in total. The average Bonchev–Trinajstić information content (AvgIpc) is 1.66. The molecule has 4 aliphatic heterocycles. The lowest BCUT2D eigenvalue weighted by Crippen LogP contribution is -2.38. The van der Waals surface area contributed by atoms with E-state index in [9.17, 15) is 23.6 Å². The highest BCUT2D eigenvalue weighted by atomic mass is 35.5. The standard InChI is InChI=1S/C25H31N7O.2C22H25Cl2N7O.C22H25ClFN7O/c1-16(2)22-14-30(4)25(33)32(22)23-11-12-26-24(29-23)28-17(3)21-13-31(15-27-21)20-9-7-19(8-10-20)18-5-6-18;1-13(2)19-11-29(4)22(32)31(19)20-5-6-25-21(28-20)27-14(3)18-10-30(12-26-18)17-8-15(23)7-16(24)9-17;2*1-13(2)19-11-29(4)22(32)31(19)20-7-8-25-21(28-20)27-14(3)18-10-30(12-26-18)15-5-6-16(23)17(24)9-15/h7-13,15-18,22H,5-6,14H2,1-4H3,(H,26,28,29);3*5-10,12-14,19H,11H2,1-4H3,(H,25,27,28)/t17-,22+;3*14-,19+/m0000/s1. The highest BCUT2D eigenvalue weighted by molar-refractivity contribution is 6.42. The second kappa shape index (κ2) is 40.2. The van der Waals surface area contributed by atoms with E-state index in [2.05, 4.69) is 161 Å². The largest absolute Gasteiger partial charge is 0.346 e. The van der Waals surface area contributed by atoms with Crippen LogP contribution >= 0.6 is 58.0 Å². The topological polar surface area (TPSA) is 317 Å². The van der Waals surface area contributed by atoms with Crippen LogP contribution in [0.5, 0.6) is 0 Å². The van der Waals surface area contributed by atoms with Gasteiger partial charge in [-0.05, 0) is 167 Å². The molecule has 4 saturated heterocycles. The predicted molar refractivity (Wildman–Crippen MR) is 504 cm³/mol. The highest BCUT2D eigenvalue weighted by Gasteiger charge is 2.43. The first-order chi connectivity index (χ1) is 61.6. The van der Waals surface area contributed by atoms with Crippen molar-refractivity contribution in [1.82, 2.24) is 97.7 Å². The van der Waals surface area contributed by atoms with E-state index in [0.29, 0.717) is 117 Å². The maximum atomic E-state index is 13.8. The summed E-state index contributed by atoms with van der Waals surface area (Å²) >= 11 is 30.1. The number of imidazole rings is 4. The molecule has 32 nitrogen and oxygen atoms in total. The van der Waals surface area contributed by atoms with E-state index in [0.717, 1.165) is 45.8 Å². The van der Waals surface area contributed by atoms with Crippen molar-refractivity contribution in [3.63, 3.8) is 0 Å². The van der Waals surface area contributed by atoms with E-state index < -0.39 is 5.82 Å².